The number of carbonyl (C=O) groups is 2. The van der Waals surface area contributed by atoms with Crippen molar-refractivity contribution >= 4 is 34.1 Å². The number of rotatable bonds is 1. The van der Waals surface area contributed by atoms with Crippen molar-refractivity contribution in [3.63, 3.8) is 0 Å². The first-order valence-corrected chi connectivity index (χ1v) is 12.5. The van der Waals surface area contributed by atoms with Gasteiger partial charge in [0.05, 0.1) is 18.6 Å². The number of benzene rings is 1. The zero-order valence-electron chi connectivity index (χ0n) is 21.3. The van der Waals surface area contributed by atoms with Crippen LogP contribution in [0.3, 0.4) is 0 Å². The summed E-state index contributed by atoms with van der Waals surface area (Å²) in [7, 11) is 0. The molecule has 1 fully saturated rings. The molecule has 2 atom stereocenters. The minimum Gasteiger partial charge on any atom is -0.489 e. The van der Waals surface area contributed by atoms with Crippen LogP contribution in [0.15, 0.2) is 27.7 Å². The summed E-state index contributed by atoms with van der Waals surface area (Å²) in [6, 6.07) is 5.58. The van der Waals surface area contributed by atoms with E-state index in [0.717, 1.165) is 21.4 Å². The van der Waals surface area contributed by atoms with Crippen molar-refractivity contribution in [2.75, 3.05) is 19.8 Å². The van der Waals surface area contributed by atoms with Crippen molar-refractivity contribution in [3.05, 3.63) is 28.2 Å². The summed E-state index contributed by atoms with van der Waals surface area (Å²) in [6.45, 7) is 13.3. The van der Waals surface area contributed by atoms with Gasteiger partial charge < -0.3 is 23.7 Å². The van der Waals surface area contributed by atoms with Crippen LogP contribution >= 0.6 is 15.9 Å². The number of hydrogen-bond acceptors (Lipinski definition) is 8. The van der Waals surface area contributed by atoms with E-state index < -0.39 is 34.3 Å². The predicted molar refractivity (Wildman–Crippen MR) is 131 cm³/mol. The van der Waals surface area contributed by atoms with Gasteiger partial charge in [-0.2, -0.15) is 0 Å². The van der Waals surface area contributed by atoms with Crippen LogP contribution in [0.5, 0.6) is 5.75 Å². The van der Waals surface area contributed by atoms with Gasteiger partial charge in [-0.25, -0.2) is 14.6 Å². The van der Waals surface area contributed by atoms with Crippen LogP contribution in [0, 0.1) is 5.41 Å². The summed E-state index contributed by atoms with van der Waals surface area (Å²) in [5.74, 6) is 0.687. The minimum atomic E-state index is -0.930. The van der Waals surface area contributed by atoms with E-state index in [1.54, 1.807) is 41.5 Å². The van der Waals surface area contributed by atoms with Crippen molar-refractivity contribution in [1.82, 2.24) is 4.90 Å². The van der Waals surface area contributed by atoms with E-state index >= 15 is 0 Å². The zero-order valence-corrected chi connectivity index (χ0v) is 22.9. The summed E-state index contributed by atoms with van der Waals surface area (Å²) in [6.07, 6.45) is -1.30. The number of carbonyl (C=O) groups excluding carboxylic acids is 2. The standard InChI is InChI=1S/C25H33BrN2O7/c1-8-18-24(12-31-13-24)25(16-11-15(26)9-10-17(16)33-18)14-32-19(27-25)28(20(29)34-22(2,3)4)21(30)35-23(5,6)7/h9-11,18H,8,12-14H2,1-7H3. The van der Waals surface area contributed by atoms with Crippen LogP contribution < -0.4 is 4.74 Å². The predicted octanol–water partition coefficient (Wildman–Crippen LogP) is 5.39. The largest absolute Gasteiger partial charge is 0.489 e. The lowest BCUT2D eigenvalue weighted by atomic mass is 9.60. The van der Waals surface area contributed by atoms with E-state index in [0.29, 0.717) is 19.0 Å². The maximum atomic E-state index is 13.2. The molecular formula is C25H33BrN2O7. The summed E-state index contributed by atoms with van der Waals surface area (Å²) >= 11 is 3.55. The fourth-order valence-electron chi connectivity index (χ4n) is 4.70. The molecule has 0 saturated carbocycles. The molecule has 2 amide bonds. The Kier molecular flexibility index (Phi) is 6.37. The number of ether oxygens (including phenoxy) is 5. The minimum absolute atomic E-state index is 0.108. The lowest BCUT2D eigenvalue weighted by Gasteiger charge is -2.57. The van der Waals surface area contributed by atoms with Gasteiger partial charge in [0.1, 0.15) is 35.2 Å². The number of fused-ring (bicyclic) bond motifs is 3. The first-order chi connectivity index (χ1) is 16.2. The molecule has 0 N–H and O–H groups in total. The Hall–Kier alpha value is -2.33. The van der Waals surface area contributed by atoms with Gasteiger partial charge in [-0.3, -0.25) is 0 Å². The smallest absolute Gasteiger partial charge is 0.428 e. The maximum Gasteiger partial charge on any atom is 0.428 e. The average Bonchev–Trinajstić information content (AvgIpc) is 3.09. The topological polar surface area (TPSA) is 95.9 Å². The van der Waals surface area contributed by atoms with Gasteiger partial charge in [0.2, 0.25) is 0 Å². The van der Waals surface area contributed by atoms with Crippen molar-refractivity contribution in [3.8, 4) is 5.75 Å². The van der Waals surface area contributed by atoms with Gasteiger partial charge in [-0.15, -0.1) is 4.90 Å². The molecule has 0 aliphatic carbocycles. The molecule has 2 unspecified atom stereocenters. The Bertz CT molecular complexity index is 1030. The van der Waals surface area contributed by atoms with Crippen LogP contribution in [0.1, 0.15) is 60.5 Å². The molecule has 35 heavy (non-hydrogen) atoms. The van der Waals surface area contributed by atoms with Crippen molar-refractivity contribution in [2.45, 2.75) is 77.7 Å². The molecule has 0 radical (unpaired) electrons. The summed E-state index contributed by atoms with van der Waals surface area (Å²) in [4.78, 5) is 32.1. The fraction of sp³-hybridized carbons (Fsp3) is 0.640. The van der Waals surface area contributed by atoms with Gasteiger partial charge in [-0.1, -0.05) is 22.9 Å². The molecule has 10 heteroatoms. The molecule has 192 valence electrons. The Morgan fingerprint density at radius 1 is 1.09 bits per heavy atom. The van der Waals surface area contributed by atoms with Gasteiger partial charge >= 0.3 is 18.2 Å². The summed E-state index contributed by atoms with van der Waals surface area (Å²) < 4.78 is 30.0. The second-order valence-corrected chi connectivity index (χ2v) is 12.1. The normalized spacial score (nSPS) is 24.6. The monoisotopic (exact) mass is 552 g/mol. The van der Waals surface area contributed by atoms with Crippen molar-refractivity contribution < 1.29 is 33.3 Å². The highest BCUT2D eigenvalue weighted by Gasteiger charge is 2.68. The molecule has 1 aromatic carbocycles. The number of halogens is 1. The molecule has 2 spiro atoms. The molecule has 0 bridgehead atoms. The number of hydrogen-bond donors (Lipinski definition) is 0. The summed E-state index contributed by atoms with van der Waals surface area (Å²) in [5.41, 5.74) is -2.34. The molecule has 9 nitrogen and oxygen atoms in total. The Balaban J connectivity index is 1.84. The second-order valence-electron chi connectivity index (χ2n) is 11.1. The number of nitrogens with zero attached hydrogens (tertiary/aromatic N) is 2. The third kappa shape index (κ3) is 4.50. The Morgan fingerprint density at radius 3 is 2.17 bits per heavy atom. The lowest BCUT2D eigenvalue weighted by molar-refractivity contribution is -0.216. The lowest BCUT2D eigenvalue weighted by Crippen LogP contribution is -2.67. The van der Waals surface area contributed by atoms with Gasteiger partial charge in [-0.05, 0) is 66.2 Å². The Morgan fingerprint density at radius 2 is 1.69 bits per heavy atom. The van der Waals surface area contributed by atoms with E-state index in [2.05, 4.69) is 22.9 Å². The molecule has 1 aromatic rings. The van der Waals surface area contributed by atoms with Crippen LogP contribution in [0.2, 0.25) is 0 Å². The van der Waals surface area contributed by atoms with E-state index in [1.165, 1.54) is 0 Å². The second kappa shape index (κ2) is 8.65. The van der Waals surface area contributed by atoms with Crippen molar-refractivity contribution in [2.24, 2.45) is 10.4 Å². The van der Waals surface area contributed by atoms with Gasteiger partial charge in [0.15, 0.2) is 0 Å². The number of amidine groups is 1. The average molecular weight is 553 g/mol. The van der Waals surface area contributed by atoms with Crippen LogP contribution in [-0.4, -0.2) is 60.2 Å². The molecule has 3 aliphatic heterocycles. The summed E-state index contributed by atoms with van der Waals surface area (Å²) in [5, 5.41) is 0. The number of imide groups is 1. The molecule has 0 aromatic heterocycles. The SMILES string of the molecule is CCC1Oc2ccc(Br)cc2C2(COC(N(C(=O)OC(C)(C)C)C(=O)OC(C)(C)C)=N2)C12COC2. The Labute approximate surface area is 214 Å². The van der Waals surface area contributed by atoms with Crippen LogP contribution in [0.4, 0.5) is 9.59 Å². The first kappa shape index (κ1) is 25.8. The third-order valence-electron chi connectivity index (χ3n) is 6.23. The molecule has 4 rings (SSSR count). The highest BCUT2D eigenvalue weighted by Crippen LogP contribution is 2.59. The maximum absolute atomic E-state index is 13.2. The quantitative estimate of drug-likeness (QED) is 0.460. The third-order valence-corrected chi connectivity index (χ3v) is 6.72. The van der Waals surface area contributed by atoms with E-state index in [4.69, 9.17) is 28.7 Å². The highest BCUT2D eigenvalue weighted by atomic mass is 79.9. The highest BCUT2D eigenvalue weighted by molar-refractivity contribution is 9.10. The number of amides is 2. The molecule has 3 aliphatic rings. The molecule has 3 heterocycles. The number of aliphatic imine (C=N–C) groups is 1. The fourth-order valence-corrected chi connectivity index (χ4v) is 5.06. The van der Waals surface area contributed by atoms with Crippen molar-refractivity contribution in [1.29, 1.82) is 0 Å². The van der Waals surface area contributed by atoms with Gasteiger partial charge in [0.25, 0.3) is 0 Å². The van der Waals surface area contributed by atoms with E-state index in [1.807, 2.05) is 18.2 Å². The molecule has 1 saturated heterocycles. The van der Waals surface area contributed by atoms with E-state index in [-0.39, 0.29) is 18.7 Å². The van der Waals surface area contributed by atoms with Crippen LogP contribution in [0.25, 0.3) is 0 Å². The van der Waals surface area contributed by atoms with Crippen LogP contribution in [-0.2, 0) is 24.5 Å². The zero-order chi connectivity index (χ0) is 25.8. The first-order valence-electron chi connectivity index (χ1n) is 11.7. The van der Waals surface area contributed by atoms with E-state index in [9.17, 15) is 9.59 Å². The van der Waals surface area contributed by atoms with Gasteiger partial charge in [0, 0.05) is 10.0 Å². The molecular weight excluding hydrogens is 520 g/mol.